The highest BCUT2D eigenvalue weighted by Crippen LogP contribution is 2.29. The van der Waals surface area contributed by atoms with Gasteiger partial charge in [0.2, 0.25) is 0 Å². The number of aryl methyl sites for hydroxylation is 1. The molecule has 7 nitrogen and oxygen atoms in total. The number of benzene rings is 1. The molecule has 1 N–H and O–H groups in total. The molecule has 3 aromatic rings. The van der Waals surface area contributed by atoms with Crippen LogP contribution in [0.3, 0.4) is 0 Å². The molecular formula is C20H20N2O5S. The van der Waals surface area contributed by atoms with Crippen LogP contribution in [-0.2, 0) is 9.53 Å². The van der Waals surface area contributed by atoms with E-state index in [1.165, 1.54) is 17.6 Å². The zero-order valence-corrected chi connectivity index (χ0v) is 16.5. The Morgan fingerprint density at radius 1 is 1.25 bits per heavy atom. The molecule has 1 atom stereocenters. The molecule has 0 fully saturated rings. The van der Waals surface area contributed by atoms with Crippen LogP contribution in [0.15, 0.2) is 47.1 Å². The molecule has 0 aliphatic rings. The maximum Gasteiger partial charge on any atom is 0.350 e. The second kappa shape index (κ2) is 8.71. The highest BCUT2D eigenvalue weighted by Gasteiger charge is 2.19. The van der Waals surface area contributed by atoms with Crippen LogP contribution >= 0.6 is 11.3 Å². The van der Waals surface area contributed by atoms with Gasteiger partial charge in [-0.2, -0.15) is 0 Å². The van der Waals surface area contributed by atoms with Crippen LogP contribution in [0.25, 0.3) is 10.6 Å². The SMILES string of the molecule is COc1ccc(-c2nc(C)c(C(=O)OCC(=O)N[C@H](C)c3ccco3)s2)cc1. The summed E-state index contributed by atoms with van der Waals surface area (Å²) in [6.45, 7) is 3.14. The number of furan rings is 1. The first-order chi connectivity index (χ1) is 13.5. The van der Waals surface area contributed by atoms with Crippen molar-refractivity contribution in [3.8, 4) is 16.3 Å². The number of amides is 1. The van der Waals surface area contributed by atoms with E-state index in [1.807, 2.05) is 24.3 Å². The lowest BCUT2D eigenvalue weighted by Crippen LogP contribution is -2.30. The second-order valence-electron chi connectivity index (χ2n) is 6.04. The number of carbonyl (C=O) groups excluding carboxylic acids is 2. The van der Waals surface area contributed by atoms with E-state index in [9.17, 15) is 9.59 Å². The minimum Gasteiger partial charge on any atom is -0.497 e. The van der Waals surface area contributed by atoms with Crippen molar-refractivity contribution >= 4 is 23.2 Å². The quantitative estimate of drug-likeness (QED) is 0.608. The number of nitrogens with one attached hydrogen (secondary N) is 1. The van der Waals surface area contributed by atoms with Crippen molar-refractivity contribution < 1.29 is 23.5 Å². The van der Waals surface area contributed by atoms with Crippen LogP contribution in [0.5, 0.6) is 5.75 Å². The van der Waals surface area contributed by atoms with Gasteiger partial charge in [0, 0.05) is 5.56 Å². The highest BCUT2D eigenvalue weighted by atomic mass is 32.1. The summed E-state index contributed by atoms with van der Waals surface area (Å²) in [5, 5.41) is 3.41. The highest BCUT2D eigenvalue weighted by molar-refractivity contribution is 7.17. The Morgan fingerprint density at radius 2 is 2.00 bits per heavy atom. The van der Waals surface area contributed by atoms with E-state index in [-0.39, 0.29) is 12.6 Å². The van der Waals surface area contributed by atoms with Crippen molar-refractivity contribution in [3.63, 3.8) is 0 Å². The van der Waals surface area contributed by atoms with Gasteiger partial charge in [0.1, 0.15) is 21.4 Å². The van der Waals surface area contributed by atoms with Gasteiger partial charge in [-0.3, -0.25) is 4.79 Å². The average Bonchev–Trinajstić information content (AvgIpc) is 3.36. The summed E-state index contributed by atoms with van der Waals surface area (Å²) in [5.74, 6) is 0.388. The van der Waals surface area contributed by atoms with E-state index in [1.54, 1.807) is 33.1 Å². The zero-order chi connectivity index (χ0) is 20.1. The van der Waals surface area contributed by atoms with Gasteiger partial charge in [-0.1, -0.05) is 0 Å². The largest absolute Gasteiger partial charge is 0.497 e. The molecule has 0 aliphatic carbocycles. The van der Waals surface area contributed by atoms with Crippen LogP contribution in [-0.4, -0.2) is 30.6 Å². The monoisotopic (exact) mass is 400 g/mol. The maximum absolute atomic E-state index is 12.4. The van der Waals surface area contributed by atoms with E-state index in [4.69, 9.17) is 13.9 Å². The van der Waals surface area contributed by atoms with Crippen molar-refractivity contribution in [1.82, 2.24) is 10.3 Å². The third-order valence-corrected chi connectivity index (χ3v) is 5.19. The average molecular weight is 400 g/mol. The van der Waals surface area contributed by atoms with Gasteiger partial charge in [0.15, 0.2) is 6.61 Å². The molecule has 0 saturated carbocycles. The number of hydrogen-bond acceptors (Lipinski definition) is 7. The lowest BCUT2D eigenvalue weighted by Gasteiger charge is -2.11. The van der Waals surface area contributed by atoms with Gasteiger partial charge in [0.25, 0.3) is 5.91 Å². The van der Waals surface area contributed by atoms with Gasteiger partial charge < -0.3 is 19.2 Å². The molecular weight excluding hydrogens is 380 g/mol. The topological polar surface area (TPSA) is 90.7 Å². The van der Waals surface area contributed by atoms with Gasteiger partial charge in [-0.05, 0) is 50.2 Å². The standard InChI is InChI=1S/C20H20N2O5S/c1-12(16-5-4-10-26-16)21-17(23)11-27-20(24)18-13(2)22-19(28-18)14-6-8-15(25-3)9-7-14/h4-10,12H,11H2,1-3H3,(H,21,23)/t12-/m1/s1. The Morgan fingerprint density at radius 3 is 2.64 bits per heavy atom. The first-order valence-corrected chi connectivity index (χ1v) is 9.41. The zero-order valence-electron chi connectivity index (χ0n) is 15.7. The summed E-state index contributed by atoms with van der Waals surface area (Å²) in [4.78, 5) is 29.2. The third kappa shape index (κ3) is 4.58. The first-order valence-electron chi connectivity index (χ1n) is 8.59. The Hall–Kier alpha value is -3.13. The van der Waals surface area contributed by atoms with Crippen LogP contribution < -0.4 is 10.1 Å². The van der Waals surface area contributed by atoms with Crippen LogP contribution in [0, 0.1) is 6.92 Å². The fourth-order valence-electron chi connectivity index (χ4n) is 2.53. The van der Waals surface area contributed by atoms with Gasteiger partial charge in [-0.15, -0.1) is 11.3 Å². The molecule has 1 amide bonds. The lowest BCUT2D eigenvalue weighted by molar-refractivity contribution is -0.125. The number of thiazole rings is 1. The minimum atomic E-state index is -0.574. The molecule has 3 rings (SSSR count). The fourth-order valence-corrected chi connectivity index (χ4v) is 3.50. The number of methoxy groups -OCH3 is 1. The summed E-state index contributed by atoms with van der Waals surface area (Å²) >= 11 is 1.22. The molecule has 0 bridgehead atoms. The molecule has 0 unspecified atom stereocenters. The number of carbonyl (C=O) groups is 2. The summed E-state index contributed by atoms with van der Waals surface area (Å²) in [6, 6.07) is 10.6. The maximum atomic E-state index is 12.4. The molecule has 0 aliphatic heterocycles. The number of esters is 1. The minimum absolute atomic E-state index is 0.312. The molecule has 0 spiro atoms. The summed E-state index contributed by atoms with van der Waals surface area (Å²) in [6.07, 6.45) is 1.53. The summed E-state index contributed by atoms with van der Waals surface area (Å²) in [5.41, 5.74) is 1.43. The predicted molar refractivity (Wildman–Crippen MR) is 104 cm³/mol. The normalized spacial score (nSPS) is 11.7. The van der Waals surface area contributed by atoms with Crippen LogP contribution in [0.2, 0.25) is 0 Å². The van der Waals surface area contributed by atoms with Crippen molar-refractivity contribution in [2.45, 2.75) is 19.9 Å². The molecule has 0 radical (unpaired) electrons. The van der Waals surface area contributed by atoms with Crippen LogP contribution in [0.4, 0.5) is 0 Å². The summed E-state index contributed by atoms with van der Waals surface area (Å²) in [7, 11) is 1.60. The Kier molecular flexibility index (Phi) is 6.10. The Balaban J connectivity index is 1.59. The number of aromatic nitrogens is 1. The number of ether oxygens (including phenoxy) is 2. The smallest absolute Gasteiger partial charge is 0.350 e. The number of nitrogens with zero attached hydrogens (tertiary/aromatic N) is 1. The van der Waals surface area contributed by atoms with Gasteiger partial charge in [0.05, 0.1) is 25.1 Å². The van der Waals surface area contributed by atoms with Crippen molar-refractivity contribution in [1.29, 1.82) is 0 Å². The first kappa shape index (κ1) is 19.6. The lowest BCUT2D eigenvalue weighted by atomic mass is 10.2. The molecule has 8 heteroatoms. The van der Waals surface area contributed by atoms with Crippen molar-refractivity contribution in [3.05, 3.63) is 59.0 Å². The Bertz CT molecular complexity index is 948. The molecule has 0 saturated heterocycles. The van der Waals surface area contributed by atoms with E-state index in [0.29, 0.717) is 21.3 Å². The van der Waals surface area contributed by atoms with Crippen molar-refractivity contribution in [2.24, 2.45) is 0 Å². The van der Waals surface area contributed by atoms with Crippen LogP contribution in [0.1, 0.15) is 34.1 Å². The predicted octanol–water partition coefficient (Wildman–Crippen LogP) is 3.75. The molecule has 28 heavy (non-hydrogen) atoms. The summed E-state index contributed by atoms with van der Waals surface area (Å²) < 4.78 is 15.5. The van der Waals surface area contributed by atoms with E-state index in [0.717, 1.165) is 11.3 Å². The molecule has 146 valence electrons. The van der Waals surface area contributed by atoms with Crippen molar-refractivity contribution in [2.75, 3.05) is 13.7 Å². The third-order valence-electron chi connectivity index (χ3n) is 4.00. The fraction of sp³-hybridized carbons (Fsp3) is 0.250. The van der Waals surface area contributed by atoms with E-state index >= 15 is 0 Å². The number of rotatable bonds is 7. The molecule has 1 aromatic carbocycles. The number of hydrogen-bond donors (Lipinski definition) is 1. The van der Waals surface area contributed by atoms with Gasteiger partial charge in [-0.25, -0.2) is 9.78 Å². The van der Waals surface area contributed by atoms with E-state index < -0.39 is 11.9 Å². The Labute approximate surface area is 166 Å². The molecule has 2 heterocycles. The molecule has 2 aromatic heterocycles. The second-order valence-corrected chi connectivity index (χ2v) is 7.04. The van der Waals surface area contributed by atoms with E-state index in [2.05, 4.69) is 10.3 Å². The van der Waals surface area contributed by atoms with Gasteiger partial charge >= 0.3 is 5.97 Å².